The first-order chi connectivity index (χ1) is 33.6. The molecule has 0 saturated heterocycles. The number of hydrogen-bond donors (Lipinski definition) is 0. The average Bonchev–Trinajstić information content (AvgIpc) is 3.91. The molecule has 0 amide bonds. The zero-order valence-electron chi connectivity index (χ0n) is 39.6. The molecule has 0 N–H and O–H groups in total. The molecule has 6 aromatic heterocycles. The molecule has 6 heterocycles. The molecule has 4 heteroatoms. The van der Waals surface area contributed by atoms with E-state index in [0.29, 0.717) is 35.5 Å². The van der Waals surface area contributed by atoms with Gasteiger partial charge >= 0.3 is 0 Å². The van der Waals surface area contributed by atoms with Crippen LogP contribution in [0, 0.1) is 47.3 Å². The zero-order valence-corrected chi connectivity index (χ0v) is 39.6. The van der Waals surface area contributed by atoms with Crippen molar-refractivity contribution in [3.63, 3.8) is 0 Å². The number of benzene rings is 3. The second kappa shape index (κ2) is 11.5. The van der Waals surface area contributed by atoms with E-state index in [1.165, 1.54) is 151 Å². The fraction of sp³-hybridized carbons (Fsp3) is 0.562. The molecule has 0 spiro atoms. The van der Waals surface area contributed by atoms with E-state index in [1.54, 1.807) is 87.4 Å². The summed E-state index contributed by atoms with van der Waals surface area (Å²) in [6.07, 6.45) is 33.2. The minimum atomic E-state index is 0.626. The third-order valence-electron chi connectivity index (χ3n) is 24.5. The van der Waals surface area contributed by atoms with Gasteiger partial charge in [-0.25, -0.2) is 0 Å². The lowest BCUT2D eigenvalue weighted by Crippen LogP contribution is -2.25. The second-order valence-electron chi connectivity index (χ2n) is 27.6. The van der Waals surface area contributed by atoms with Gasteiger partial charge in [-0.1, -0.05) is 12.1 Å². The van der Waals surface area contributed by atoms with E-state index in [2.05, 4.69) is 45.5 Å². The van der Waals surface area contributed by atoms with Gasteiger partial charge in [-0.15, -0.1) is 0 Å². The van der Waals surface area contributed by atoms with Crippen LogP contribution in [0.5, 0.6) is 0 Å². The van der Waals surface area contributed by atoms with Crippen molar-refractivity contribution in [2.75, 3.05) is 0 Å². The fourth-order valence-electron chi connectivity index (χ4n) is 23.3. The minimum absolute atomic E-state index is 0.626. The Morgan fingerprint density at radius 1 is 0.279 bits per heavy atom. The third-order valence-corrected chi connectivity index (χ3v) is 24.5. The molecule has 8 unspecified atom stereocenters. The van der Waals surface area contributed by atoms with Crippen molar-refractivity contribution in [2.45, 2.75) is 176 Å². The Balaban J connectivity index is 1.04. The summed E-state index contributed by atoms with van der Waals surface area (Å²) < 4.78 is 5.85. The largest absolute Gasteiger partial charge is 0.308 e. The monoisotopic (exact) mass is 886 g/mol. The van der Waals surface area contributed by atoms with Crippen LogP contribution >= 0.6 is 0 Å². The van der Waals surface area contributed by atoms with Gasteiger partial charge in [-0.05, 0) is 257 Å². The predicted octanol–water partition coefficient (Wildman–Crippen LogP) is 16.3. The van der Waals surface area contributed by atoms with E-state index in [9.17, 15) is 0 Å². The Hall–Kier alpha value is -4.44. The van der Waals surface area contributed by atoms with Crippen LogP contribution in [-0.2, 0) is 0 Å². The first-order valence-electron chi connectivity index (χ1n) is 28.8. The van der Waals surface area contributed by atoms with E-state index in [0.717, 1.165) is 59.2 Å². The summed E-state index contributed by atoms with van der Waals surface area (Å²) in [6, 6.07) is 10.9. The van der Waals surface area contributed by atoms with Crippen molar-refractivity contribution < 1.29 is 0 Å². The number of fused-ring (bicyclic) bond motifs is 14. The molecule has 68 heavy (non-hydrogen) atoms. The van der Waals surface area contributed by atoms with Gasteiger partial charge in [0.15, 0.2) is 0 Å². The second-order valence-corrected chi connectivity index (χ2v) is 27.6. The first-order valence-corrected chi connectivity index (χ1v) is 28.8. The van der Waals surface area contributed by atoms with Gasteiger partial charge in [0.2, 0.25) is 0 Å². The lowest BCUT2D eigenvalue weighted by molar-refractivity contribution is 0.165. The summed E-state index contributed by atoms with van der Waals surface area (Å²) in [5, 5.41) is 13.3. The summed E-state index contributed by atoms with van der Waals surface area (Å²) in [7, 11) is 0. The van der Waals surface area contributed by atoms with Crippen LogP contribution in [-0.4, -0.2) is 18.8 Å². The number of hydrogen-bond acceptors (Lipinski definition) is 2. The summed E-state index contributed by atoms with van der Waals surface area (Å²) in [6.45, 7) is 0. The summed E-state index contributed by atoms with van der Waals surface area (Å²) >= 11 is 0. The zero-order chi connectivity index (χ0) is 42.9. The fourth-order valence-corrected chi connectivity index (χ4v) is 23.3. The molecule has 0 aliphatic heterocycles. The van der Waals surface area contributed by atoms with Crippen molar-refractivity contribution in [1.29, 1.82) is 0 Å². The molecule has 3 aromatic carbocycles. The van der Waals surface area contributed by atoms with E-state index in [-0.39, 0.29) is 0 Å². The van der Waals surface area contributed by atoms with E-state index in [4.69, 9.17) is 9.97 Å². The average molecular weight is 887 g/mol. The maximum atomic E-state index is 5.80. The standard InChI is InChI=1S/C64H62N4/c1-3-45-53(49-37-13-27-5-28(14-37)10-35(9-27)43(1)49)57-59-55-47(25-65-61-41-21-31-7-32(22-41)18-39(17-31)51(55)61)68-48-26-66-62-42-23-33-8-34(24-42)20-40(19-33)52(62)56(48)60(64(59)68)58-54-46(67(45)63(57)58)4-2-44-36-11-29-6-30(12-36)16-38(15-29)50(44)54/h1-4,25-42H,5-24H2. The van der Waals surface area contributed by atoms with Crippen LogP contribution in [0.3, 0.4) is 0 Å². The molecule has 16 aliphatic carbocycles. The highest BCUT2D eigenvalue weighted by Crippen LogP contribution is 2.66. The highest BCUT2D eigenvalue weighted by atomic mass is 15.0. The molecular formula is C64H62N4. The summed E-state index contributed by atoms with van der Waals surface area (Å²) in [5.41, 5.74) is 22.8. The lowest BCUT2D eigenvalue weighted by Gasteiger charge is -2.38. The maximum Gasteiger partial charge on any atom is 0.0728 e. The lowest BCUT2D eigenvalue weighted by atomic mass is 9.67. The predicted molar refractivity (Wildman–Crippen MR) is 274 cm³/mol. The highest BCUT2D eigenvalue weighted by Gasteiger charge is 2.50. The van der Waals surface area contributed by atoms with Crippen LogP contribution in [0.1, 0.15) is 221 Å². The van der Waals surface area contributed by atoms with Gasteiger partial charge in [-0.2, -0.15) is 0 Å². The molecule has 25 rings (SSSR count). The quantitative estimate of drug-likeness (QED) is 0.152. The van der Waals surface area contributed by atoms with Gasteiger partial charge in [0, 0.05) is 66.3 Å². The van der Waals surface area contributed by atoms with Crippen LogP contribution in [0.2, 0.25) is 0 Å². The number of rotatable bonds is 0. The van der Waals surface area contributed by atoms with Crippen LogP contribution in [0.4, 0.5) is 0 Å². The molecule has 338 valence electrons. The molecule has 8 saturated carbocycles. The Labute approximate surface area is 397 Å². The Bertz CT molecular complexity index is 3310. The Morgan fingerprint density at radius 3 is 0.941 bits per heavy atom. The topological polar surface area (TPSA) is 34.6 Å². The van der Waals surface area contributed by atoms with E-state index >= 15 is 0 Å². The van der Waals surface area contributed by atoms with E-state index < -0.39 is 0 Å². The smallest absolute Gasteiger partial charge is 0.0728 e. The van der Waals surface area contributed by atoms with Crippen LogP contribution in [0.25, 0.3) is 76.2 Å². The van der Waals surface area contributed by atoms with Crippen LogP contribution < -0.4 is 0 Å². The van der Waals surface area contributed by atoms with Crippen molar-refractivity contribution in [1.82, 2.24) is 18.8 Å². The molecule has 16 aliphatic rings. The molecule has 9 aromatic rings. The molecule has 8 fully saturated rings. The molecular weight excluding hydrogens is 825 g/mol. The molecule has 8 atom stereocenters. The number of pyridine rings is 2. The van der Waals surface area contributed by atoms with Crippen molar-refractivity contribution >= 4 is 76.2 Å². The number of aromatic nitrogens is 4. The minimum Gasteiger partial charge on any atom is -0.308 e. The van der Waals surface area contributed by atoms with Gasteiger partial charge in [0.05, 0.1) is 45.5 Å². The summed E-state index contributed by atoms with van der Waals surface area (Å²) in [5.74, 6) is 12.5. The SMILES string of the molecule is c1cc2c(c3c1C1CC4CC(C1)CC3C4)c1c3c4c5c(ncc4n4c6cnc7c(c6c(c6c8c9c(ccc8n2c16)C1CC2CC(C1)CC9C2)c34)C1CC2CC(CC7C2)C1)C1CC2CC(C1)CC5C2. The van der Waals surface area contributed by atoms with Gasteiger partial charge in [0.25, 0.3) is 0 Å². The number of nitrogens with zero attached hydrogens (tertiary/aromatic N) is 4. The van der Waals surface area contributed by atoms with Crippen molar-refractivity contribution in [3.05, 3.63) is 81.4 Å². The van der Waals surface area contributed by atoms with Crippen LogP contribution in [0.15, 0.2) is 36.7 Å². The normalized spacial score (nSPS) is 39.8. The first kappa shape index (κ1) is 35.6. The molecule has 4 nitrogen and oxygen atoms in total. The Kier molecular flexibility index (Phi) is 6.03. The Morgan fingerprint density at radius 2 is 0.574 bits per heavy atom. The highest BCUT2D eigenvalue weighted by molar-refractivity contribution is 6.46. The van der Waals surface area contributed by atoms with E-state index in [1.807, 2.05) is 11.1 Å². The van der Waals surface area contributed by atoms with Gasteiger partial charge < -0.3 is 8.80 Å². The van der Waals surface area contributed by atoms with Gasteiger partial charge in [-0.3, -0.25) is 9.97 Å². The van der Waals surface area contributed by atoms with Gasteiger partial charge in [0.1, 0.15) is 0 Å². The summed E-state index contributed by atoms with van der Waals surface area (Å²) in [4.78, 5) is 11.6. The molecule has 0 radical (unpaired) electrons. The maximum absolute atomic E-state index is 5.80. The molecule has 16 bridgehead atoms. The van der Waals surface area contributed by atoms with Crippen molar-refractivity contribution in [3.8, 4) is 0 Å². The van der Waals surface area contributed by atoms with Crippen molar-refractivity contribution in [2.24, 2.45) is 47.3 Å². The third kappa shape index (κ3) is 3.93.